The van der Waals surface area contributed by atoms with E-state index in [0.29, 0.717) is 25.7 Å². The van der Waals surface area contributed by atoms with Crippen LogP contribution in [0.25, 0.3) is 0 Å². The number of carbonyl (C=O) groups is 4. The number of ether oxygens (including phenoxy) is 6. The second kappa shape index (κ2) is 29.0. The summed E-state index contributed by atoms with van der Waals surface area (Å²) in [4.78, 5) is 52.4. The van der Waals surface area contributed by atoms with Gasteiger partial charge in [-0.15, -0.1) is 0 Å². The summed E-state index contributed by atoms with van der Waals surface area (Å²) < 4.78 is 35.2. The zero-order chi connectivity index (χ0) is 39.6. The van der Waals surface area contributed by atoms with Crippen molar-refractivity contribution in [2.24, 2.45) is 0 Å². The average molecular weight is 765 g/mol. The van der Waals surface area contributed by atoms with Gasteiger partial charge in [0.25, 0.3) is 0 Å². The molecule has 1 aliphatic heterocycles. The summed E-state index contributed by atoms with van der Waals surface area (Å²) in [5, 5.41) is 50.1. The van der Waals surface area contributed by atoms with Crippen molar-refractivity contribution in [3.63, 3.8) is 0 Å². The SMILES string of the molecule is CCCCCCCC(=O)O[C@@H]1[C@H](OC[C@@H](O)[C@@H](O)[C@H](O)[C@@H](O)CO)O[C@H](COC(=O)CCCCC)[C@@H](OC(=O)CCCCC)[C@@H]1OC(=O)CCCCC. The van der Waals surface area contributed by atoms with Crippen molar-refractivity contribution in [3.8, 4) is 0 Å². The van der Waals surface area contributed by atoms with E-state index < -0.39 is 98.8 Å². The van der Waals surface area contributed by atoms with Gasteiger partial charge in [-0.1, -0.05) is 91.9 Å². The maximum Gasteiger partial charge on any atom is 0.306 e. The molecular weight excluding hydrogens is 696 g/mol. The molecule has 9 atom stereocenters. The van der Waals surface area contributed by atoms with Gasteiger partial charge in [-0.2, -0.15) is 0 Å². The largest absolute Gasteiger partial charge is 0.463 e. The molecule has 0 aromatic carbocycles. The van der Waals surface area contributed by atoms with Gasteiger partial charge in [-0.3, -0.25) is 19.2 Å². The van der Waals surface area contributed by atoms with Gasteiger partial charge in [0.15, 0.2) is 24.6 Å². The van der Waals surface area contributed by atoms with Crippen LogP contribution in [-0.2, 0) is 47.6 Å². The molecule has 0 unspecified atom stereocenters. The van der Waals surface area contributed by atoms with Crippen molar-refractivity contribution in [2.75, 3.05) is 19.8 Å². The molecule has 0 spiro atoms. The molecule has 15 nitrogen and oxygen atoms in total. The smallest absolute Gasteiger partial charge is 0.306 e. The van der Waals surface area contributed by atoms with Crippen LogP contribution in [0.3, 0.4) is 0 Å². The zero-order valence-electron chi connectivity index (χ0n) is 32.4. The number of hydrogen-bond donors (Lipinski definition) is 5. The number of rotatable bonds is 30. The number of unbranched alkanes of at least 4 members (excludes halogenated alkanes) is 10. The quantitative estimate of drug-likeness (QED) is 0.0401. The van der Waals surface area contributed by atoms with Crippen molar-refractivity contribution in [1.29, 1.82) is 0 Å². The molecular formula is C38H68O15. The molecule has 53 heavy (non-hydrogen) atoms. The van der Waals surface area contributed by atoms with E-state index in [-0.39, 0.29) is 25.7 Å². The van der Waals surface area contributed by atoms with Gasteiger partial charge < -0.3 is 54.0 Å². The molecule has 5 N–H and O–H groups in total. The number of carbonyl (C=O) groups excluding carboxylic acids is 4. The second-order valence-corrected chi connectivity index (χ2v) is 13.8. The molecule has 1 rings (SSSR count). The van der Waals surface area contributed by atoms with Crippen LogP contribution in [0.1, 0.15) is 143 Å². The third-order valence-electron chi connectivity index (χ3n) is 9.00. The highest BCUT2D eigenvalue weighted by Crippen LogP contribution is 2.31. The Morgan fingerprint density at radius 3 is 1.47 bits per heavy atom. The van der Waals surface area contributed by atoms with Crippen LogP contribution in [0.15, 0.2) is 0 Å². The first-order chi connectivity index (χ1) is 25.4. The molecule has 0 saturated carbocycles. The summed E-state index contributed by atoms with van der Waals surface area (Å²) in [6.45, 7) is 5.91. The average Bonchev–Trinajstić information content (AvgIpc) is 3.14. The number of aliphatic hydroxyl groups excluding tert-OH is 5. The van der Waals surface area contributed by atoms with Crippen molar-refractivity contribution in [2.45, 2.75) is 198 Å². The molecule has 1 aliphatic rings. The van der Waals surface area contributed by atoms with Crippen LogP contribution in [0, 0.1) is 0 Å². The van der Waals surface area contributed by atoms with Crippen molar-refractivity contribution in [1.82, 2.24) is 0 Å². The standard InChI is InChI=1S/C38H68O15/c1-5-9-13-14-18-22-32(45)53-37-36(52-31(44)21-17-12-8-4)35(51-30(43)20-16-11-7-3)28(25-48-29(42)19-15-10-6-2)50-38(37)49-24-27(41)34(47)33(46)26(40)23-39/h26-28,33-41,46-47H,5-25H2,1-4H3/t26-,27+,28+,33+,34+,35+,36-,37-,38+/m0/s1. The first kappa shape index (κ1) is 48.6. The Balaban J connectivity index is 3.56. The third-order valence-corrected chi connectivity index (χ3v) is 9.00. The van der Waals surface area contributed by atoms with Crippen LogP contribution in [0.4, 0.5) is 0 Å². The Kier molecular flexibility index (Phi) is 26.6. The topological polar surface area (TPSA) is 225 Å². The minimum absolute atomic E-state index is 0.0109. The monoisotopic (exact) mass is 764 g/mol. The molecule has 1 fully saturated rings. The number of aliphatic hydroxyl groups is 5. The van der Waals surface area contributed by atoms with Gasteiger partial charge in [0.05, 0.1) is 13.2 Å². The molecule has 1 heterocycles. The molecule has 0 aliphatic carbocycles. The van der Waals surface area contributed by atoms with E-state index in [1.807, 2.05) is 20.8 Å². The fraction of sp³-hybridized carbons (Fsp3) is 0.895. The summed E-state index contributed by atoms with van der Waals surface area (Å²) in [6.07, 6.45) is -3.94. The normalized spacial score (nSPS) is 22.3. The highest BCUT2D eigenvalue weighted by atomic mass is 16.7. The van der Waals surface area contributed by atoms with Crippen LogP contribution >= 0.6 is 0 Å². The number of esters is 4. The maximum atomic E-state index is 13.3. The van der Waals surface area contributed by atoms with Gasteiger partial charge in [-0.05, 0) is 25.7 Å². The third kappa shape index (κ3) is 19.7. The van der Waals surface area contributed by atoms with Crippen molar-refractivity contribution in [3.05, 3.63) is 0 Å². The van der Waals surface area contributed by atoms with E-state index in [1.54, 1.807) is 0 Å². The van der Waals surface area contributed by atoms with Crippen LogP contribution in [0.5, 0.6) is 0 Å². The summed E-state index contributed by atoms with van der Waals surface area (Å²) in [6, 6.07) is 0. The van der Waals surface area contributed by atoms with Crippen LogP contribution < -0.4 is 0 Å². The highest BCUT2D eigenvalue weighted by molar-refractivity contribution is 5.72. The number of hydrogen-bond acceptors (Lipinski definition) is 15. The maximum absolute atomic E-state index is 13.3. The lowest BCUT2D eigenvalue weighted by Crippen LogP contribution is -2.63. The van der Waals surface area contributed by atoms with Gasteiger partial charge in [0, 0.05) is 25.7 Å². The summed E-state index contributed by atoms with van der Waals surface area (Å²) in [7, 11) is 0. The fourth-order valence-corrected chi connectivity index (χ4v) is 5.71. The first-order valence-corrected chi connectivity index (χ1v) is 19.8. The van der Waals surface area contributed by atoms with E-state index in [2.05, 4.69) is 6.92 Å². The predicted octanol–water partition coefficient (Wildman–Crippen LogP) is 3.54. The molecule has 15 heteroatoms. The molecule has 1 saturated heterocycles. The molecule has 0 aromatic heterocycles. The van der Waals surface area contributed by atoms with E-state index in [4.69, 9.17) is 28.4 Å². The minimum atomic E-state index is -1.98. The highest BCUT2D eigenvalue weighted by Gasteiger charge is 2.53. The van der Waals surface area contributed by atoms with Gasteiger partial charge in [-0.25, -0.2) is 0 Å². The van der Waals surface area contributed by atoms with Crippen molar-refractivity contribution < 1.29 is 73.1 Å². The lowest BCUT2D eigenvalue weighted by Gasteiger charge is -2.44. The summed E-state index contributed by atoms with van der Waals surface area (Å²) >= 11 is 0. The Bertz CT molecular complexity index is 1010. The van der Waals surface area contributed by atoms with Crippen LogP contribution in [-0.4, -0.2) is 124 Å². The summed E-state index contributed by atoms with van der Waals surface area (Å²) in [5.41, 5.74) is 0. The lowest BCUT2D eigenvalue weighted by molar-refractivity contribution is -0.313. The molecule has 310 valence electrons. The first-order valence-electron chi connectivity index (χ1n) is 19.8. The Hall–Kier alpha value is -2.40. The van der Waals surface area contributed by atoms with Crippen LogP contribution in [0.2, 0.25) is 0 Å². The Morgan fingerprint density at radius 2 is 0.962 bits per heavy atom. The van der Waals surface area contributed by atoms with Gasteiger partial charge in [0.1, 0.15) is 37.1 Å². The van der Waals surface area contributed by atoms with Crippen molar-refractivity contribution >= 4 is 23.9 Å². The Labute approximate surface area is 315 Å². The van der Waals surface area contributed by atoms with E-state index in [9.17, 15) is 44.7 Å². The van der Waals surface area contributed by atoms with E-state index in [1.165, 1.54) is 0 Å². The lowest BCUT2D eigenvalue weighted by atomic mass is 9.97. The zero-order valence-corrected chi connectivity index (χ0v) is 32.4. The molecule has 0 bridgehead atoms. The minimum Gasteiger partial charge on any atom is -0.463 e. The second-order valence-electron chi connectivity index (χ2n) is 13.8. The van der Waals surface area contributed by atoms with E-state index >= 15 is 0 Å². The van der Waals surface area contributed by atoms with Gasteiger partial charge in [0.2, 0.25) is 0 Å². The summed E-state index contributed by atoms with van der Waals surface area (Å²) in [5.74, 6) is -2.50. The molecule has 0 aromatic rings. The molecule has 0 radical (unpaired) electrons. The Morgan fingerprint density at radius 1 is 0.547 bits per heavy atom. The van der Waals surface area contributed by atoms with E-state index in [0.717, 1.165) is 64.2 Å². The van der Waals surface area contributed by atoms with Gasteiger partial charge >= 0.3 is 23.9 Å². The molecule has 0 amide bonds. The predicted molar refractivity (Wildman–Crippen MR) is 192 cm³/mol. The fourth-order valence-electron chi connectivity index (χ4n) is 5.71.